The Labute approximate surface area is 130 Å². The lowest BCUT2D eigenvalue weighted by Gasteiger charge is -2.35. The number of hydrogen-bond acceptors (Lipinski definition) is 3. The zero-order valence-electron chi connectivity index (χ0n) is 12.9. The maximum Gasteiger partial charge on any atom is 0.327 e. The average molecular weight is 302 g/mol. The van der Waals surface area contributed by atoms with E-state index in [1.807, 2.05) is 18.2 Å². The second-order valence-electron chi connectivity index (χ2n) is 6.28. The van der Waals surface area contributed by atoms with Gasteiger partial charge in [0.25, 0.3) is 5.91 Å². The van der Waals surface area contributed by atoms with Gasteiger partial charge in [-0.25, -0.2) is 4.79 Å². The van der Waals surface area contributed by atoms with Crippen LogP contribution in [0.5, 0.6) is 0 Å². The molecule has 1 saturated heterocycles. The molecule has 1 heterocycles. The van der Waals surface area contributed by atoms with Crippen LogP contribution in [0, 0.1) is 0 Å². The summed E-state index contributed by atoms with van der Waals surface area (Å²) >= 11 is 0. The minimum Gasteiger partial charge on any atom is -0.387 e. The molecule has 5 heteroatoms. The Morgan fingerprint density at radius 2 is 1.77 bits per heavy atom. The molecule has 1 saturated carbocycles. The first-order valence-corrected chi connectivity index (χ1v) is 7.89. The van der Waals surface area contributed by atoms with Gasteiger partial charge in [-0.2, -0.15) is 0 Å². The Hall–Kier alpha value is -1.88. The first kappa shape index (κ1) is 15.0. The third-order valence-electron chi connectivity index (χ3n) is 5.02. The van der Waals surface area contributed by atoms with Crippen molar-refractivity contribution in [2.45, 2.75) is 43.7 Å². The van der Waals surface area contributed by atoms with Gasteiger partial charge >= 0.3 is 6.03 Å². The van der Waals surface area contributed by atoms with Crippen molar-refractivity contribution in [1.82, 2.24) is 9.80 Å². The van der Waals surface area contributed by atoms with E-state index in [1.165, 1.54) is 4.90 Å². The number of rotatable bonds is 3. The fourth-order valence-corrected chi connectivity index (χ4v) is 3.65. The van der Waals surface area contributed by atoms with E-state index in [4.69, 9.17) is 0 Å². The largest absolute Gasteiger partial charge is 0.387 e. The van der Waals surface area contributed by atoms with Crippen LogP contribution >= 0.6 is 0 Å². The highest BCUT2D eigenvalue weighted by molar-refractivity contribution is 6.07. The number of aliphatic hydroxyl groups excluding tert-OH is 1. The lowest BCUT2D eigenvalue weighted by molar-refractivity contribution is -0.135. The number of carbonyl (C=O) groups is 2. The molecule has 1 N–H and O–H groups in total. The van der Waals surface area contributed by atoms with Crippen LogP contribution in [0.3, 0.4) is 0 Å². The van der Waals surface area contributed by atoms with E-state index in [9.17, 15) is 14.7 Å². The topological polar surface area (TPSA) is 60.9 Å². The van der Waals surface area contributed by atoms with E-state index < -0.39 is 11.6 Å². The van der Waals surface area contributed by atoms with Gasteiger partial charge in [-0.3, -0.25) is 9.69 Å². The summed E-state index contributed by atoms with van der Waals surface area (Å²) in [7, 11) is 1.71. The number of amides is 3. The van der Waals surface area contributed by atoms with Crippen LogP contribution in [0.2, 0.25) is 0 Å². The Morgan fingerprint density at radius 1 is 1.14 bits per heavy atom. The molecule has 3 rings (SSSR count). The van der Waals surface area contributed by atoms with Crippen molar-refractivity contribution in [2.24, 2.45) is 0 Å². The third-order valence-corrected chi connectivity index (χ3v) is 5.02. The molecule has 0 aromatic heterocycles. The van der Waals surface area contributed by atoms with Gasteiger partial charge < -0.3 is 10.0 Å². The zero-order chi connectivity index (χ0) is 15.7. The molecule has 3 amide bonds. The molecular weight excluding hydrogens is 280 g/mol. The van der Waals surface area contributed by atoms with Crippen molar-refractivity contribution in [3.63, 3.8) is 0 Å². The summed E-state index contributed by atoms with van der Waals surface area (Å²) < 4.78 is 0. The first-order chi connectivity index (χ1) is 10.6. The summed E-state index contributed by atoms with van der Waals surface area (Å²) in [5.74, 6) is -0.144. The summed E-state index contributed by atoms with van der Waals surface area (Å²) in [6, 6.07) is 8.85. The minimum absolute atomic E-state index is 0.0216. The van der Waals surface area contributed by atoms with Crippen LogP contribution in [0.4, 0.5) is 4.79 Å². The Kier molecular flexibility index (Phi) is 3.91. The van der Waals surface area contributed by atoms with Crippen LogP contribution in [-0.4, -0.2) is 46.0 Å². The SMILES string of the molecule is CN1C(=O)N(CC(O)c2ccccc2)C(=O)C12CCCCC2. The molecule has 1 aromatic carbocycles. The standard InChI is InChI=1S/C17H22N2O3/c1-18-16(22)19(12-14(20)13-8-4-2-5-9-13)15(21)17(18)10-6-3-7-11-17/h2,4-5,8-9,14,20H,3,6-7,10-12H2,1H3. The van der Waals surface area contributed by atoms with E-state index >= 15 is 0 Å². The summed E-state index contributed by atoms with van der Waals surface area (Å²) in [6.45, 7) is 0.0216. The van der Waals surface area contributed by atoms with E-state index in [2.05, 4.69) is 0 Å². The number of β-amino-alcohol motifs (C(OH)–C–C–N with tert-alkyl or cyclic N) is 1. The van der Waals surface area contributed by atoms with Crippen LogP contribution < -0.4 is 0 Å². The van der Waals surface area contributed by atoms with Crippen LogP contribution in [0.15, 0.2) is 30.3 Å². The van der Waals surface area contributed by atoms with E-state index in [0.29, 0.717) is 0 Å². The van der Waals surface area contributed by atoms with Gasteiger partial charge in [-0.1, -0.05) is 49.6 Å². The Morgan fingerprint density at radius 3 is 2.41 bits per heavy atom. The zero-order valence-corrected chi connectivity index (χ0v) is 12.9. The van der Waals surface area contributed by atoms with Gasteiger partial charge in [-0.15, -0.1) is 0 Å². The number of imide groups is 1. The lowest BCUT2D eigenvalue weighted by atomic mass is 9.80. The van der Waals surface area contributed by atoms with Gasteiger partial charge in [0.05, 0.1) is 12.6 Å². The van der Waals surface area contributed by atoms with E-state index in [1.54, 1.807) is 24.1 Å². The normalized spacial score (nSPS) is 22.5. The fourth-order valence-electron chi connectivity index (χ4n) is 3.65. The van der Waals surface area contributed by atoms with E-state index in [0.717, 1.165) is 37.7 Å². The number of nitrogens with zero attached hydrogens (tertiary/aromatic N) is 2. The van der Waals surface area contributed by atoms with Crippen molar-refractivity contribution in [2.75, 3.05) is 13.6 Å². The smallest absolute Gasteiger partial charge is 0.327 e. The molecule has 0 radical (unpaired) electrons. The highest BCUT2D eigenvalue weighted by Crippen LogP contribution is 2.39. The maximum absolute atomic E-state index is 12.8. The summed E-state index contributed by atoms with van der Waals surface area (Å²) in [6.07, 6.45) is 3.67. The van der Waals surface area contributed by atoms with Gasteiger partial charge in [0.15, 0.2) is 0 Å². The lowest BCUT2D eigenvalue weighted by Crippen LogP contribution is -2.49. The van der Waals surface area contributed by atoms with Crippen LogP contribution in [0.25, 0.3) is 0 Å². The Bertz CT molecular complexity index is 567. The molecule has 2 fully saturated rings. The average Bonchev–Trinajstić information content (AvgIpc) is 2.73. The van der Waals surface area contributed by atoms with Gasteiger partial charge in [0, 0.05) is 7.05 Å². The van der Waals surface area contributed by atoms with Gasteiger partial charge in [0.1, 0.15) is 5.54 Å². The molecule has 1 atom stereocenters. The second-order valence-corrected chi connectivity index (χ2v) is 6.28. The molecule has 118 valence electrons. The predicted octanol–water partition coefficient (Wildman–Crippen LogP) is 2.32. The molecule has 2 aliphatic rings. The van der Waals surface area contributed by atoms with Crippen molar-refractivity contribution in [3.8, 4) is 0 Å². The molecule has 22 heavy (non-hydrogen) atoms. The van der Waals surface area contributed by atoms with Gasteiger partial charge in [-0.05, 0) is 18.4 Å². The second kappa shape index (κ2) is 5.72. The number of benzene rings is 1. The Balaban J connectivity index is 1.80. The van der Waals surface area contributed by atoms with E-state index in [-0.39, 0.29) is 18.5 Å². The molecule has 1 unspecified atom stereocenters. The summed E-state index contributed by atoms with van der Waals surface area (Å²) in [5.41, 5.74) is 0.0431. The molecule has 1 aromatic rings. The molecule has 1 spiro atoms. The quantitative estimate of drug-likeness (QED) is 0.872. The van der Waals surface area contributed by atoms with Crippen molar-refractivity contribution in [3.05, 3.63) is 35.9 Å². The number of aliphatic hydroxyl groups is 1. The number of hydrogen-bond donors (Lipinski definition) is 1. The van der Waals surface area contributed by atoms with Crippen molar-refractivity contribution in [1.29, 1.82) is 0 Å². The number of carbonyl (C=O) groups excluding carboxylic acids is 2. The fraction of sp³-hybridized carbons (Fsp3) is 0.529. The summed E-state index contributed by atoms with van der Waals surface area (Å²) in [5, 5.41) is 10.3. The maximum atomic E-state index is 12.8. The predicted molar refractivity (Wildman–Crippen MR) is 82.1 cm³/mol. The van der Waals surface area contributed by atoms with Crippen molar-refractivity contribution < 1.29 is 14.7 Å². The highest BCUT2D eigenvalue weighted by atomic mass is 16.3. The number of likely N-dealkylation sites (N-methyl/N-ethyl adjacent to an activating group) is 1. The summed E-state index contributed by atoms with van der Waals surface area (Å²) in [4.78, 5) is 28.1. The molecule has 1 aliphatic carbocycles. The van der Waals surface area contributed by atoms with Crippen LogP contribution in [-0.2, 0) is 4.79 Å². The first-order valence-electron chi connectivity index (χ1n) is 7.89. The van der Waals surface area contributed by atoms with Crippen molar-refractivity contribution >= 4 is 11.9 Å². The molecule has 0 bridgehead atoms. The molecular formula is C17H22N2O3. The van der Waals surface area contributed by atoms with Gasteiger partial charge in [0.2, 0.25) is 0 Å². The number of urea groups is 1. The highest BCUT2D eigenvalue weighted by Gasteiger charge is 2.55. The molecule has 5 nitrogen and oxygen atoms in total. The minimum atomic E-state index is -0.846. The monoisotopic (exact) mass is 302 g/mol. The molecule has 1 aliphatic heterocycles. The van der Waals surface area contributed by atoms with Crippen LogP contribution in [0.1, 0.15) is 43.8 Å². The third kappa shape index (κ3) is 2.29.